The summed E-state index contributed by atoms with van der Waals surface area (Å²) in [5.74, 6) is 2.30. The Bertz CT molecular complexity index is 1220. The molecule has 3 aromatic heterocycles. The third kappa shape index (κ3) is 4.32. The first kappa shape index (κ1) is 20.8. The van der Waals surface area contributed by atoms with Gasteiger partial charge >= 0.3 is 0 Å². The molecule has 4 aromatic rings. The van der Waals surface area contributed by atoms with Crippen molar-refractivity contribution in [1.29, 1.82) is 0 Å². The lowest BCUT2D eigenvalue weighted by Crippen LogP contribution is -2.44. The molecular formula is C25H24N6O2. The van der Waals surface area contributed by atoms with E-state index in [1.807, 2.05) is 55.5 Å². The molecule has 166 valence electrons. The maximum Gasteiger partial charge on any atom is 0.270 e. The van der Waals surface area contributed by atoms with Gasteiger partial charge in [0.15, 0.2) is 5.82 Å². The van der Waals surface area contributed by atoms with Crippen LogP contribution < -0.4 is 10.1 Å². The highest BCUT2D eigenvalue weighted by Gasteiger charge is 2.36. The van der Waals surface area contributed by atoms with Crippen molar-refractivity contribution in [2.75, 3.05) is 6.61 Å². The van der Waals surface area contributed by atoms with Gasteiger partial charge < -0.3 is 10.1 Å². The summed E-state index contributed by atoms with van der Waals surface area (Å²) in [5.41, 5.74) is 2.13. The molecule has 0 bridgehead atoms. The molecule has 0 spiro atoms. The summed E-state index contributed by atoms with van der Waals surface area (Å²) in [4.78, 5) is 21.1. The third-order valence-corrected chi connectivity index (χ3v) is 5.71. The molecule has 1 aliphatic carbocycles. The van der Waals surface area contributed by atoms with E-state index >= 15 is 0 Å². The SMILES string of the molecule is CCOc1ccc(-c2nnc(C3CC(NC(=O)c4ccccn4)C3)n2-c2ccccc2)nc1. The number of para-hydroxylation sites is 1. The number of ether oxygens (including phenoxy) is 1. The molecule has 33 heavy (non-hydrogen) atoms. The average Bonchev–Trinajstić information content (AvgIpc) is 3.27. The molecule has 1 amide bonds. The van der Waals surface area contributed by atoms with Crippen LogP contribution in [0.25, 0.3) is 17.2 Å². The number of pyridine rings is 2. The van der Waals surface area contributed by atoms with Crippen LogP contribution >= 0.6 is 0 Å². The first-order valence-corrected chi connectivity index (χ1v) is 11.0. The van der Waals surface area contributed by atoms with E-state index in [-0.39, 0.29) is 17.9 Å². The van der Waals surface area contributed by atoms with Crippen LogP contribution in [0.3, 0.4) is 0 Å². The maximum atomic E-state index is 12.4. The van der Waals surface area contributed by atoms with E-state index in [9.17, 15) is 4.79 Å². The number of carbonyl (C=O) groups excluding carboxylic acids is 1. The minimum absolute atomic E-state index is 0.0810. The van der Waals surface area contributed by atoms with Crippen LogP contribution in [0, 0.1) is 0 Å². The van der Waals surface area contributed by atoms with Gasteiger partial charge in [-0.15, -0.1) is 10.2 Å². The van der Waals surface area contributed by atoms with Crippen molar-refractivity contribution in [1.82, 2.24) is 30.0 Å². The van der Waals surface area contributed by atoms with E-state index < -0.39 is 0 Å². The monoisotopic (exact) mass is 440 g/mol. The fourth-order valence-corrected chi connectivity index (χ4v) is 4.03. The smallest absolute Gasteiger partial charge is 0.270 e. The summed E-state index contributed by atoms with van der Waals surface area (Å²) in [7, 11) is 0. The highest BCUT2D eigenvalue weighted by molar-refractivity contribution is 5.92. The molecule has 8 heteroatoms. The van der Waals surface area contributed by atoms with E-state index in [1.165, 1.54) is 0 Å². The van der Waals surface area contributed by atoms with Crippen molar-refractivity contribution in [3.8, 4) is 23.0 Å². The van der Waals surface area contributed by atoms with Crippen LogP contribution in [0.4, 0.5) is 0 Å². The van der Waals surface area contributed by atoms with Gasteiger partial charge in [-0.05, 0) is 56.2 Å². The molecule has 0 unspecified atom stereocenters. The number of hydrogen-bond acceptors (Lipinski definition) is 6. The lowest BCUT2D eigenvalue weighted by Gasteiger charge is -2.35. The largest absolute Gasteiger partial charge is 0.492 e. The number of benzene rings is 1. The van der Waals surface area contributed by atoms with E-state index in [0.29, 0.717) is 18.1 Å². The molecule has 1 aromatic carbocycles. The lowest BCUT2D eigenvalue weighted by atomic mass is 9.79. The van der Waals surface area contributed by atoms with Gasteiger partial charge in [0, 0.05) is 23.8 Å². The van der Waals surface area contributed by atoms with Crippen LogP contribution in [0.5, 0.6) is 5.75 Å². The fourth-order valence-electron chi connectivity index (χ4n) is 4.03. The molecule has 8 nitrogen and oxygen atoms in total. The van der Waals surface area contributed by atoms with Gasteiger partial charge in [-0.2, -0.15) is 0 Å². The van der Waals surface area contributed by atoms with Crippen molar-refractivity contribution < 1.29 is 9.53 Å². The molecular weight excluding hydrogens is 416 g/mol. The van der Waals surface area contributed by atoms with E-state index in [4.69, 9.17) is 4.74 Å². The van der Waals surface area contributed by atoms with Crippen molar-refractivity contribution in [3.05, 3.63) is 84.6 Å². The molecule has 0 radical (unpaired) electrons. The molecule has 0 aliphatic heterocycles. The number of hydrogen-bond donors (Lipinski definition) is 1. The molecule has 3 heterocycles. The highest BCUT2D eigenvalue weighted by Crippen LogP contribution is 2.38. The second-order valence-electron chi connectivity index (χ2n) is 7.92. The Morgan fingerprint density at radius 1 is 1.03 bits per heavy atom. The standard InChI is InChI=1S/C25H24N6O2/c1-2-33-20-11-12-21(27-16-20)24-30-29-23(31(24)19-8-4-3-5-9-19)17-14-18(15-17)28-25(32)22-10-6-7-13-26-22/h3-13,16-18H,2,14-15H2,1H3,(H,28,32). The minimum Gasteiger partial charge on any atom is -0.492 e. The van der Waals surface area contributed by atoms with Crippen molar-refractivity contribution in [2.24, 2.45) is 0 Å². The first-order valence-electron chi connectivity index (χ1n) is 11.0. The zero-order chi connectivity index (χ0) is 22.6. The van der Waals surface area contributed by atoms with Crippen LogP contribution in [0.15, 0.2) is 73.1 Å². The summed E-state index contributed by atoms with van der Waals surface area (Å²) in [6, 6.07) is 19.2. The number of nitrogens with one attached hydrogen (secondary N) is 1. The van der Waals surface area contributed by atoms with Gasteiger partial charge in [0.05, 0.1) is 12.8 Å². The van der Waals surface area contributed by atoms with Gasteiger partial charge in [-0.1, -0.05) is 24.3 Å². The van der Waals surface area contributed by atoms with Gasteiger partial charge in [0.25, 0.3) is 5.91 Å². The number of rotatable bonds is 7. The molecule has 0 atom stereocenters. The summed E-state index contributed by atoms with van der Waals surface area (Å²) >= 11 is 0. The summed E-state index contributed by atoms with van der Waals surface area (Å²) < 4.78 is 7.57. The van der Waals surface area contributed by atoms with Crippen LogP contribution in [-0.2, 0) is 0 Å². The maximum absolute atomic E-state index is 12.4. The summed E-state index contributed by atoms with van der Waals surface area (Å²) in [6.07, 6.45) is 4.91. The molecule has 5 rings (SSSR count). The topological polar surface area (TPSA) is 94.8 Å². The third-order valence-electron chi connectivity index (χ3n) is 5.71. The zero-order valence-electron chi connectivity index (χ0n) is 18.3. The second kappa shape index (κ2) is 9.20. The lowest BCUT2D eigenvalue weighted by molar-refractivity contribution is 0.0902. The van der Waals surface area contributed by atoms with Gasteiger partial charge in [-0.3, -0.25) is 14.3 Å². The van der Waals surface area contributed by atoms with Crippen LogP contribution in [0.1, 0.15) is 42.0 Å². The summed E-state index contributed by atoms with van der Waals surface area (Å²) in [5, 5.41) is 12.1. The Morgan fingerprint density at radius 2 is 1.85 bits per heavy atom. The van der Waals surface area contributed by atoms with E-state index in [1.54, 1.807) is 24.5 Å². The predicted octanol–water partition coefficient (Wildman–Crippen LogP) is 3.80. The Labute approximate surface area is 191 Å². The van der Waals surface area contributed by atoms with Gasteiger partial charge in [-0.25, -0.2) is 4.98 Å². The average molecular weight is 441 g/mol. The molecule has 1 N–H and O–H groups in total. The van der Waals surface area contributed by atoms with Crippen molar-refractivity contribution >= 4 is 5.91 Å². The Balaban J connectivity index is 1.38. The highest BCUT2D eigenvalue weighted by atomic mass is 16.5. The Morgan fingerprint density at radius 3 is 2.55 bits per heavy atom. The Kier molecular flexibility index (Phi) is 5.80. The van der Waals surface area contributed by atoms with Crippen LogP contribution in [0.2, 0.25) is 0 Å². The van der Waals surface area contributed by atoms with Gasteiger partial charge in [0.2, 0.25) is 0 Å². The number of nitrogens with zero attached hydrogens (tertiary/aromatic N) is 5. The zero-order valence-corrected chi connectivity index (χ0v) is 18.3. The minimum atomic E-state index is -0.150. The number of amides is 1. The van der Waals surface area contributed by atoms with Crippen LogP contribution in [-0.4, -0.2) is 43.3 Å². The van der Waals surface area contributed by atoms with Crippen molar-refractivity contribution in [2.45, 2.75) is 31.7 Å². The quantitative estimate of drug-likeness (QED) is 0.470. The normalized spacial score (nSPS) is 17.2. The second-order valence-corrected chi connectivity index (χ2v) is 7.92. The molecule has 0 saturated heterocycles. The first-order chi connectivity index (χ1) is 16.2. The predicted molar refractivity (Wildman–Crippen MR) is 123 cm³/mol. The number of carbonyl (C=O) groups is 1. The van der Waals surface area contributed by atoms with Gasteiger partial charge in [0.1, 0.15) is 23.0 Å². The molecule has 1 fully saturated rings. The molecule has 1 saturated carbocycles. The molecule has 1 aliphatic rings. The van der Waals surface area contributed by atoms with Crippen molar-refractivity contribution in [3.63, 3.8) is 0 Å². The van der Waals surface area contributed by atoms with E-state index in [2.05, 4.69) is 30.0 Å². The Hall–Kier alpha value is -4.07. The van der Waals surface area contributed by atoms with E-state index in [0.717, 1.165) is 35.8 Å². The summed E-state index contributed by atoms with van der Waals surface area (Å²) in [6.45, 7) is 2.53. The fraction of sp³-hybridized carbons (Fsp3) is 0.240. The number of aromatic nitrogens is 5.